The smallest absolute Gasteiger partial charge is 0.243 e. The highest BCUT2D eigenvalue weighted by Gasteiger charge is 2.31. The third-order valence-electron chi connectivity index (χ3n) is 4.65. The second kappa shape index (κ2) is 10.2. The van der Waals surface area contributed by atoms with E-state index in [4.69, 9.17) is 0 Å². The lowest BCUT2D eigenvalue weighted by molar-refractivity contribution is -0.122. The van der Waals surface area contributed by atoms with Gasteiger partial charge in [0.25, 0.3) is 0 Å². The molecule has 1 aromatic rings. The predicted octanol–water partition coefficient (Wildman–Crippen LogP) is 3.41. The molecule has 1 N–H and O–H groups in total. The van der Waals surface area contributed by atoms with Crippen molar-refractivity contribution in [3.63, 3.8) is 0 Å². The molecule has 1 atom stereocenters. The summed E-state index contributed by atoms with van der Waals surface area (Å²) in [6, 6.07) is 8.09. The first-order valence-corrected chi connectivity index (χ1v) is 12.3. The molecule has 0 unspecified atom stereocenters. The van der Waals surface area contributed by atoms with Crippen LogP contribution in [0, 0.1) is 0 Å². The van der Waals surface area contributed by atoms with E-state index in [1.807, 2.05) is 24.8 Å². The maximum absolute atomic E-state index is 12.7. The average molecular weight is 399 g/mol. The summed E-state index contributed by atoms with van der Waals surface area (Å²) >= 11 is 1.92. The van der Waals surface area contributed by atoms with E-state index >= 15 is 0 Å². The number of para-hydroxylation sites is 1. The SMILES string of the molecule is CC[C@@H](C(=O)NCCSC1CCCCC1)N(c1ccccc1)S(C)(=O)=O. The third kappa shape index (κ3) is 6.20. The molecule has 1 aliphatic carbocycles. The van der Waals surface area contributed by atoms with Crippen LogP contribution in [0.5, 0.6) is 0 Å². The number of sulfonamides is 1. The van der Waals surface area contributed by atoms with Crippen LogP contribution in [0.1, 0.15) is 45.4 Å². The Morgan fingerprint density at radius 1 is 1.23 bits per heavy atom. The molecular formula is C19H30N2O3S2. The molecule has 0 aliphatic heterocycles. The number of nitrogens with zero attached hydrogens (tertiary/aromatic N) is 1. The number of rotatable bonds is 9. The first-order chi connectivity index (χ1) is 12.4. The van der Waals surface area contributed by atoms with Gasteiger partial charge in [-0.05, 0) is 31.4 Å². The van der Waals surface area contributed by atoms with Crippen LogP contribution in [0.15, 0.2) is 30.3 Å². The Hall–Kier alpha value is -1.21. The molecule has 2 rings (SSSR count). The van der Waals surface area contributed by atoms with Crippen molar-refractivity contribution in [2.75, 3.05) is 22.9 Å². The molecular weight excluding hydrogens is 368 g/mol. The van der Waals surface area contributed by atoms with Crippen molar-refractivity contribution in [3.8, 4) is 0 Å². The molecule has 0 spiro atoms. The lowest BCUT2D eigenvalue weighted by Gasteiger charge is -2.30. The maximum Gasteiger partial charge on any atom is 0.243 e. The standard InChI is InChI=1S/C19H30N2O3S2/c1-3-18(21(26(2,23)24)16-10-6-4-7-11-16)19(22)20-14-15-25-17-12-8-5-9-13-17/h4,6-7,10-11,17-18H,3,5,8-9,12-15H2,1-2H3,(H,20,22)/t18-/m0/s1. The summed E-state index contributed by atoms with van der Waals surface area (Å²) in [6.07, 6.45) is 8.06. The molecule has 1 aromatic carbocycles. The highest BCUT2D eigenvalue weighted by Crippen LogP contribution is 2.27. The van der Waals surface area contributed by atoms with Gasteiger partial charge in [-0.3, -0.25) is 9.10 Å². The van der Waals surface area contributed by atoms with E-state index < -0.39 is 16.1 Å². The topological polar surface area (TPSA) is 66.5 Å². The van der Waals surface area contributed by atoms with Gasteiger partial charge in [-0.25, -0.2) is 8.42 Å². The largest absolute Gasteiger partial charge is 0.353 e. The lowest BCUT2D eigenvalue weighted by atomic mass is 10.0. The van der Waals surface area contributed by atoms with Gasteiger partial charge >= 0.3 is 0 Å². The summed E-state index contributed by atoms with van der Waals surface area (Å²) in [7, 11) is -3.55. The summed E-state index contributed by atoms with van der Waals surface area (Å²) in [4.78, 5) is 12.7. The van der Waals surface area contributed by atoms with Crippen molar-refractivity contribution in [3.05, 3.63) is 30.3 Å². The molecule has 1 aliphatic rings. The summed E-state index contributed by atoms with van der Waals surface area (Å²) in [5.41, 5.74) is 0.522. The molecule has 0 bridgehead atoms. The minimum Gasteiger partial charge on any atom is -0.353 e. The fourth-order valence-electron chi connectivity index (χ4n) is 3.38. The maximum atomic E-state index is 12.7. The van der Waals surface area contributed by atoms with Crippen LogP contribution in [0.3, 0.4) is 0 Å². The van der Waals surface area contributed by atoms with Gasteiger partial charge in [0.15, 0.2) is 0 Å². The zero-order chi connectivity index (χ0) is 19.0. The van der Waals surface area contributed by atoms with Crippen LogP contribution < -0.4 is 9.62 Å². The molecule has 1 amide bonds. The van der Waals surface area contributed by atoms with E-state index in [9.17, 15) is 13.2 Å². The molecule has 0 saturated heterocycles. The van der Waals surface area contributed by atoms with Crippen LogP contribution in [-0.2, 0) is 14.8 Å². The third-order valence-corrected chi connectivity index (χ3v) is 7.21. The predicted molar refractivity (Wildman–Crippen MR) is 110 cm³/mol. The van der Waals surface area contributed by atoms with E-state index in [0.717, 1.165) is 12.0 Å². The number of hydrogen-bond acceptors (Lipinski definition) is 4. The Labute approximate surface area is 162 Å². The number of carbonyl (C=O) groups is 1. The number of hydrogen-bond donors (Lipinski definition) is 1. The molecule has 0 aromatic heterocycles. The Bertz CT molecular complexity index is 659. The van der Waals surface area contributed by atoms with E-state index in [2.05, 4.69) is 5.32 Å². The van der Waals surface area contributed by atoms with Crippen molar-refractivity contribution in [1.29, 1.82) is 0 Å². The molecule has 26 heavy (non-hydrogen) atoms. The van der Waals surface area contributed by atoms with Crippen LogP contribution in [0.4, 0.5) is 5.69 Å². The van der Waals surface area contributed by atoms with Gasteiger partial charge in [0.05, 0.1) is 11.9 Å². The molecule has 0 heterocycles. The number of amides is 1. The van der Waals surface area contributed by atoms with Gasteiger partial charge < -0.3 is 5.32 Å². The quantitative estimate of drug-likeness (QED) is 0.647. The van der Waals surface area contributed by atoms with Gasteiger partial charge in [-0.1, -0.05) is 44.4 Å². The highest BCUT2D eigenvalue weighted by atomic mass is 32.2. The Balaban J connectivity index is 1.94. The van der Waals surface area contributed by atoms with Gasteiger partial charge in [0.2, 0.25) is 15.9 Å². The summed E-state index contributed by atoms with van der Waals surface area (Å²) in [5, 5.41) is 3.64. The van der Waals surface area contributed by atoms with Crippen LogP contribution in [0.25, 0.3) is 0 Å². The lowest BCUT2D eigenvalue weighted by Crippen LogP contribution is -2.49. The first-order valence-electron chi connectivity index (χ1n) is 9.37. The Morgan fingerprint density at radius 3 is 2.46 bits per heavy atom. The van der Waals surface area contributed by atoms with E-state index in [-0.39, 0.29) is 5.91 Å². The second-order valence-corrected chi connectivity index (χ2v) is 10.0. The van der Waals surface area contributed by atoms with Crippen molar-refractivity contribution in [1.82, 2.24) is 5.32 Å². The molecule has 1 fully saturated rings. The number of carbonyl (C=O) groups excluding carboxylic acids is 1. The number of nitrogens with one attached hydrogen (secondary N) is 1. The summed E-state index contributed by atoms with van der Waals surface area (Å²) in [5.74, 6) is 0.642. The summed E-state index contributed by atoms with van der Waals surface area (Å²) in [6.45, 7) is 2.41. The monoisotopic (exact) mass is 398 g/mol. The fraction of sp³-hybridized carbons (Fsp3) is 0.632. The highest BCUT2D eigenvalue weighted by molar-refractivity contribution is 7.99. The van der Waals surface area contributed by atoms with Crippen molar-refractivity contribution < 1.29 is 13.2 Å². The molecule has 146 valence electrons. The minimum atomic E-state index is -3.55. The Kier molecular flexibility index (Phi) is 8.28. The van der Waals surface area contributed by atoms with Crippen LogP contribution >= 0.6 is 11.8 Å². The molecule has 5 nitrogen and oxygen atoms in total. The van der Waals surface area contributed by atoms with Gasteiger partial charge in [0.1, 0.15) is 6.04 Å². The minimum absolute atomic E-state index is 0.231. The molecule has 0 radical (unpaired) electrons. The van der Waals surface area contributed by atoms with Gasteiger partial charge in [0, 0.05) is 17.5 Å². The average Bonchev–Trinajstić information content (AvgIpc) is 2.63. The normalized spacial score (nSPS) is 16.8. The van der Waals surface area contributed by atoms with Gasteiger partial charge in [-0.2, -0.15) is 11.8 Å². The Morgan fingerprint density at radius 2 is 1.88 bits per heavy atom. The summed E-state index contributed by atoms with van der Waals surface area (Å²) < 4.78 is 25.9. The molecule has 1 saturated carbocycles. The fourth-order valence-corrected chi connectivity index (χ4v) is 5.82. The zero-order valence-electron chi connectivity index (χ0n) is 15.7. The first kappa shape index (κ1) is 21.1. The molecule has 7 heteroatoms. The second-order valence-electron chi connectivity index (χ2n) is 6.74. The van der Waals surface area contributed by atoms with E-state index in [0.29, 0.717) is 23.9 Å². The number of thioether (sulfide) groups is 1. The van der Waals surface area contributed by atoms with Crippen molar-refractivity contribution >= 4 is 33.4 Å². The van der Waals surface area contributed by atoms with E-state index in [1.54, 1.807) is 24.3 Å². The van der Waals surface area contributed by atoms with Crippen molar-refractivity contribution in [2.45, 2.75) is 56.7 Å². The van der Waals surface area contributed by atoms with Crippen LogP contribution in [-0.4, -0.2) is 44.2 Å². The van der Waals surface area contributed by atoms with E-state index in [1.165, 1.54) is 36.4 Å². The number of anilines is 1. The van der Waals surface area contributed by atoms with Crippen molar-refractivity contribution in [2.24, 2.45) is 0 Å². The number of benzene rings is 1. The van der Waals surface area contributed by atoms with Crippen LogP contribution in [0.2, 0.25) is 0 Å². The zero-order valence-corrected chi connectivity index (χ0v) is 17.3. The van der Waals surface area contributed by atoms with Gasteiger partial charge in [-0.15, -0.1) is 0 Å².